The highest BCUT2D eigenvalue weighted by molar-refractivity contribution is 6.37. The molecule has 3 rings (SSSR count). The summed E-state index contributed by atoms with van der Waals surface area (Å²) >= 11 is 12.4. The van der Waals surface area contributed by atoms with Gasteiger partial charge in [-0.15, -0.1) is 6.42 Å². The fourth-order valence-corrected chi connectivity index (χ4v) is 4.34. The van der Waals surface area contributed by atoms with Crippen molar-refractivity contribution >= 4 is 41.4 Å². The highest BCUT2D eigenvalue weighted by atomic mass is 35.5. The lowest BCUT2D eigenvalue weighted by molar-refractivity contribution is -0.136. The summed E-state index contributed by atoms with van der Waals surface area (Å²) in [7, 11) is 1.26. The zero-order chi connectivity index (χ0) is 29.2. The molecule has 1 heterocycles. The molecule has 40 heavy (non-hydrogen) atoms. The van der Waals surface area contributed by atoms with Crippen LogP contribution in [0.3, 0.4) is 0 Å². The summed E-state index contributed by atoms with van der Waals surface area (Å²) in [4.78, 5) is 24.5. The third-order valence-electron chi connectivity index (χ3n) is 5.43. The van der Waals surface area contributed by atoms with E-state index in [2.05, 4.69) is 27.1 Å². The summed E-state index contributed by atoms with van der Waals surface area (Å²) in [6.45, 7) is 3.56. The van der Waals surface area contributed by atoms with Crippen molar-refractivity contribution in [3.63, 3.8) is 0 Å². The van der Waals surface area contributed by atoms with E-state index in [1.807, 2.05) is 0 Å². The molecule has 0 saturated carbocycles. The lowest BCUT2D eigenvalue weighted by atomic mass is 9.95. The number of nitrogens with one attached hydrogen (secondary N) is 3. The van der Waals surface area contributed by atoms with Crippen LogP contribution in [0.4, 0.5) is 4.79 Å². The fourth-order valence-electron chi connectivity index (χ4n) is 3.73. The summed E-state index contributed by atoms with van der Waals surface area (Å²) < 4.78 is 21.7. The number of carbonyl (C=O) groups excluding carboxylic acids is 2. The van der Waals surface area contributed by atoms with E-state index in [0.29, 0.717) is 34.9 Å². The van der Waals surface area contributed by atoms with Crippen LogP contribution >= 0.6 is 23.2 Å². The molecule has 2 aromatic rings. The van der Waals surface area contributed by atoms with Crippen molar-refractivity contribution in [1.82, 2.24) is 16.1 Å². The van der Waals surface area contributed by atoms with E-state index in [9.17, 15) is 14.7 Å². The smallest absolute Gasteiger partial charge is 0.337 e. The number of carbonyl (C=O) groups is 2. The molecule has 1 aliphatic rings. The van der Waals surface area contributed by atoms with Gasteiger partial charge in [0.05, 0.1) is 41.6 Å². The quantitative estimate of drug-likeness (QED) is 0.0967. The number of halogens is 2. The summed E-state index contributed by atoms with van der Waals surface area (Å²) in [5.41, 5.74) is 4.30. The van der Waals surface area contributed by atoms with E-state index in [1.165, 1.54) is 13.3 Å². The number of nitrogens with zero attached hydrogens (tertiary/aromatic N) is 1. The monoisotopic (exact) mass is 590 g/mol. The number of amides is 2. The van der Waals surface area contributed by atoms with Crippen LogP contribution in [0, 0.1) is 12.3 Å². The average Bonchev–Trinajstić information content (AvgIpc) is 2.91. The topological polar surface area (TPSA) is 140 Å². The van der Waals surface area contributed by atoms with Crippen molar-refractivity contribution in [2.45, 2.75) is 26.1 Å². The first-order valence-corrected chi connectivity index (χ1v) is 12.7. The van der Waals surface area contributed by atoms with Gasteiger partial charge in [0, 0.05) is 5.70 Å². The molecule has 13 heteroatoms. The van der Waals surface area contributed by atoms with Gasteiger partial charge < -0.3 is 34.7 Å². The number of urea groups is 1. The van der Waals surface area contributed by atoms with Gasteiger partial charge in [0.2, 0.25) is 0 Å². The Balaban J connectivity index is 1.68. The number of hydrogen-bond acceptors (Lipinski definition) is 9. The predicted octanol–water partition coefficient (Wildman–Crippen LogP) is 3.53. The minimum atomic E-state index is -1.19. The standard InChI is InChI=1S/C27H28Cl2N4O7/c1-5-9-39-25-18(28)10-16(11-19(25)29)13-30-33-22(34)14-40-20-8-7-17(12-21(20)38-6-2)24-23(26(35)37-4)15(3)31-27(36)32-24/h1,7-8,10-13,22,24,33-34H,6,9,14H2,2-4H3,(H2,31,32,36)/b30-13-/t22-,24-/m1/s1. The lowest BCUT2D eigenvalue weighted by Gasteiger charge is -2.28. The summed E-state index contributed by atoms with van der Waals surface area (Å²) in [6.07, 6.45) is 5.41. The molecule has 0 saturated heterocycles. The average molecular weight is 591 g/mol. The number of aliphatic hydroxyl groups excluding tert-OH is 1. The lowest BCUT2D eigenvalue weighted by Crippen LogP contribution is -2.45. The molecule has 1 aliphatic heterocycles. The van der Waals surface area contributed by atoms with Crippen LogP contribution in [0.15, 0.2) is 46.7 Å². The molecule has 0 spiro atoms. The van der Waals surface area contributed by atoms with Gasteiger partial charge in [-0.25, -0.2) is 9.59 Å². The number of terminal acetylenes is 1. The Morgan fingerprint density at radius 1 is 1.23 bits per heavy atom. The molecule has 11 nitrogen and oxygen atoms in total. The zero-order valence-electron chi connectivity index (χ0n) is 21.9. The van der Waals surface area contributed by atoms with E-state index >= 15 is 0 Å². The van der Waals surface area contributed by atoms with E-state index in [0.717, 1.165) is 0 Å². The Bertz CT molecular complexity index is 1330. The van der Waals surface area contributed by atoms with Crippen molar-refractivity contribution < 1.29 is 33.6 Å². The maximum atomic E-state index is 12.4. The minimum absolute atomic E-state index is 0.0221. The number of methoxy groups -OCH3 is 1. The SMILES string of the molecule is C#CCOc1c(Cl)cc(/C=N\N[C@H](O)COc2ccc([C@H]3NC(=O)NC(C)=C3C(=O)OC)cc2OCC)cc1Cl. The van der Waals surface area contributed by atoms with Crippen LogP contribution in [0.25, 0.3) is 0 Å². The highest BCUT2D eigenvalue weighted by Crippen LogP contribution is 2.35. The van der Waals surface area contributed by atoms with Crippen LogP contribution in [0.2, 0.25) is 10.0 Å². The number of benzene rings is 2. The highest BCUT2D eigenvalue weighted by Gasteiger charge is 2.32. The molecular weight excluding hydrogens is 563 g/mol. The van der Waals surface area contributed by atoms with E-state index in [-0.39, 0.29) is 34.6 Å². The van der Waals surface area contributed by atoms with Crippen molar-refractivity contribution in [1.29, 1.82) is 0 Å². The Kier molecular flexibility index (Phi) is 10.9. The second kappa shape index (κ2) is 14.3. The first-order chi connectivity index (χ1) is 19.2. The molecular formula is C27H28Cl2N4O7. The largest absolute Gasteiger partial charge is 0.490 e. The number of aliphatic hydroxyl groups is 1. The normalized spacial score (nSPS) is 15.5. The molecule has 0 unspecified atom stereocenters. The Labute approximate surface area is 241 Å². The molecule has 212 valence electrons. The predicted molar refractivity (Wildman–Crippen MR) is 150 cm³/mol. The molecule has 0 radical (unpaired) electrons. The molecule has 0 fully saturated rings. The van der Waals surface area contributed by atoms with Gasteiger partial charge in [0.25, 0.3) is 0 Å². The zero-order valence-corrected chi connectivity index (χ0v) is 23.4. The maximum absolute atomic E-state index is 12.4. The van der Waals surface area contributed by atoms with E-state index < -0.39 is 24.3 Å². The van der Waals surface area contributed by atoms with Gasteiger partial charge >= 0.3 is 12.0 Å². The van der Waals surface area contributed by atoms with Gasteiger partial charge in [0.1, 0.15) is 13.2 Å². The molecule has 2 atom stereocenters. The number of esters is 1. The van der Waals surface area contributed by atoms with Gasteiger partial charge in [-0.2, -0.15) is 5.10 Å². The van der Waals surface area contributed by atoms with E-state index in [4.69, 9.17) is 48.6 Å². The number of ether oxygens (including phenoxy) is 4. The first-order valence-electron chi connectivity index (χ1n) is 12.0. The number of hydrogen-bond donors (Lipinski definition) is 4. The maximum Gasteiger partial charge on any atom is 0.337 e. The van der Waals surface area contributed by atoms with Crippen LogP contribution < -0.4 is 30.3 Å². The van der Waals surface area contributed by atoms with Crippen LogP contribution in [0.1, 0.15) is 31.0 Å². The second-order valence-corrected chi connectivity index (χ2v) is 9.04. The Morgan fingerprint density at radius 2 is 1.95 bits per heavy atom. The molecule has 4 N–H and O–H groups in total. The molecule has 0 bridgehead atoms. The fraction of sp³-hybridized carbons (Fsp3) is 0.296. The van der Waals surface area contributed by atoms with Crippen LogP contribution in [-0.4, -0.2) is 56.5 Å². The van der Waals surface area contributed by atoms with E-state index in [1.54, 1.807) is 44.2 Å². The van der Waals surface area contributed by atoms with Gasteiger partial charge in [-0.3, -0.25) is 5.43 Å². The third kappa shape index (κ3) is 7.72. The van der Waals surface area contributed by atoms with Gasteiger partial charge in [-0.1, -0.05) is 35.2 Å². The number of hydrazone groups is 1. The number of allylic oxidation sites excluding steroid dienone is 1. The van der Waals surface area contributed by atoms with Crippen molar-refractivity contribution in [3.05, 3.63) is 62.8 Å². The van der Waals surface area contributed by atoms with Crippen molar-refractivity contribution in [2.75, 3.05) is 26.9 Å². The Hall–Kier alpha value is -4.11. The number of rotatable bonds is 12. The molecule has 0 aliphatic carbocycles. The second-order valence-electron chi connectivity index (χ2n) is 8.22. The molecule has 2 aromatic carbocycles. The van der Waals surface area contributed by atoms with Gasteiger partial charge in [0.15, 0.2) is 23.5 Å². The minimum Gasteiger partial charge on any atom is -0.490 e. The van der Waals surface area contributed by atoms with Crippen LogP contribution in [0.5, 0.6) is 17.2 Å². The summed E-state index contributed by atoms with van der Waals surface area (Å²) in [5.74, 6) is 2.70. The third-order valence-corrected chi connectivity index (χ3v) is 5.99. The summed E-state index contributed by atoms with van der Waals surface area (Å²) in [6, 6.07) is 6.87. The molecule has 0 aromatic heterocycles. The Morgan fingerprint density at radius 3 is 2.60 bits per heavy atom. The van der Waals surface area contributed by atoms with Gasteiger partial charge in [-0.05, 0) is 49.2 Å². The van der Waals surface area contributed by atoms with Crippen molar-refractivity contribution in [2.24, 2.45) is 5.10 Å². The molecule has 2 amide bonds. The first kappa shape index (κ1) is 30.4. The van der Waals surface area contributed by atoms with Crippen LogP contribution in [-0.2, 0) is 9.53 Å². The summed E-state index contributed by atoms with van der Waals surface area (Å²) in [5, 5.41) is 20.1. The van der Waals surface area contributed by atoms with Crippen molar-refractivity contribution in [3.8, 4) is 29.6 Å².